The van der Waals surface area contributed by atoms with Crippen molar-refractivity contribution in [3.8, 4) is 0 Å². The smallest absolute Gasteiger partial charge is 0.251 e. The van der Waals surface area contributed by atoms with Crippen LogP contribution in [0.2, 0.25) is 0 Å². The van der Waals surface area contributed by atoms with Crippen LogP contribution in [0, 0.1) is 5.92 Å². The van der Waals surface area contributed by atoms with E-state index in [4.69, 9.17) is 5.11 Å². The summed E-state index contributed by atoms with van der Waals surface area (Å²) in [5, 5.41) is 12.1. The molecule has 2 atom stereocenters. The van der Waals surface area contributed by atoms with Gasteiger partial charge in [0.15, 0.2) is 0 Å². The molecule has 0 unspecified atom stereocenters. The number of aliphatic hydroxyl groups excluding tert-OH is 1. The highest BCUT2D eigenvalue weighted by molar-refractivity contribution is 7.89. The van der Waals surface area contributed by atoms with Crippen LogP contribution in [-0.2, 0) is 10.0 Å². The molecule has 2 aliphatic rings. The van der Waals surface area contributed by atoms with E-state index in [0.717, 1.165) is 25.7 Å². The van der Waals surface area contributed by atoms with Gasteiger partial charge in [0, 0.05) is 37.2 Å². The highest BCUT2D eigenvalue weighted by Gasteiger charge is 2.26. The molecule has 0 radical (unpaired) electrons. The van der Waals surface area contributed by atoms with Crippen LogP contribution in [0.15, 0.2) is 41.3 Å². The minimum Gasteiger partial charge on any atom is -0.396 e. The monoisotopic (exact) mass is 378 g/mol. The highest BCUT2D eigenvalue weighted by atomic mass is 32.2. The molecule has 0 spiro atoms. The van der Waals surface area contributed by atoms with Gasteiger partial charge in [-0.2, -0.15) is 4.31 Å². The zero-order chi connectivity index (χ0) is 18.6. The molecule has 1 saturated heterocycles. The summed E-state index contributed by atoms with van der Waals surface area (Å²) < 4.78 is 27.3. The largest absolute Gasteiger partial charge is 0.396 e. The van der Waals surface area contributed by atoms with Gasteiger partial charge >= 0.3 is 0 Å². The van der Waals surface area contributed by atoms with Gasteiger partial charge in [0.05, 0.1) is 4.90 Å². The van der Waals surface area contributed by atoms with Crippen molar-refractivity contribution in [2.45, 2.75) is 43.0 Å². The number of carbonyl (C=O) groups excluding carboxylic acids is 1. The number of nitrogens with zero attached hydrogens (tertiary/aromatic N) is 1. The van der Waals surface area contributed by atoms with Crippen molar-refractivity contribution in [2.75, 3.05) is 19.7 Å². The molecule has 0 saturated carbocycles. The van der Waals surface area contributed by atoms with Crippen LogP contribution in [0.4, 0.5) is 0 Å². The summed E-state index contributed by atoms with van der Waals surface area (Å²) in [6, 6.07) is 6.11. The van der Waals surface area contributed by atoms with Crippen LogP contribution in [0.3, 0.4) is 0 Å². The van der Waals surface area contributed by atoms with Gasteiger partial charge < -0.3 is 10.4 Å². The fourth-order valence-corrected chi connectivity index (χ4v) is 5.06. The topological polar surface area (TPSA) is 86.7 Å². The van der Waals surface area contributed by atoms with E-state index in [9.17, 15) is 13.2 Å². The second-order valence-electron chi connectivity index (χ2n) is 6.99. The van der Waals surface area contributed by atoms with Gasteiger partial charge in [-0.25, -0.2) is 8.42 Å². The Labute approximate surface area is 155 Å². The Morgan fingerprint density at radius 3 is 2.54 bits per heavy atom. The zero-order valence-electron chi connectivity index (χ0n) is 14.8. The van der Waals surface area contributed by atoms with E-state index < -0.39 is 10.0 Å². The molecule has 1 amide bonds. The van der Waals surface area contributed by atoms with Crippen molar-refractivity contribution in [2.24, 2.45) is 5.92 Å². The molecule has 0 aromatic heterocycles. The third kappa shape index (κ3) is 4.34. The summed E-state index contributed by atoms with van der Waals surface area (Å²) in [6.45, 7) is 1.13. The van der Waals surface area contributed by atoms with Gasteiger partial charge in [-0.1, -0.05) is 31.1 Å². The normalized spacial score (nSPS) is 24.3. The number of amides is 1. The molecule has 26 heavy (non-hydrogen) atoms. The number of carbonyl (C=O) groups is 1. The van der Waals surface area contributed by atoms with Crippen molar-refractivity contribution in [1.82, 2.24) is 9.62 Å². The third-order valence-electron chi connectivity index (χ3n) is 5.02. The van der Waals surface area contributed by atoms with E-state index >= 15 is 0 Å². The second kappa shape index (κ2) is 8.33. The van der Waals surface area contributed by atoms with Crippen molar-refractivity contribution in [1.29, 1.82) is 0 Å². The summed E-state index contributed by atoms with van der Waals surface area (Å²) in [7, 11) is -3.58. The van der Waals surface area contributed by atoms with Gasteiger partial charge in [0.2, 0.25) is 10.0 Å². The first-order valence-corrected chi connectivity index (χ1v) is 10.6. The fourth-order valence-electron chi connectivity index (χ4n) is 3.50. The predicted octanol–water partition coefficient (Wildman–Crippen LogP) is 1.92. The lowest BCUT2D eigenvalue weighted by Gasteiger charge is -2.20. The lowest BCUT2D eigenvalue weighted by molar-refractivity contribution is 0.0941. The van der Waals surface area contributed by atoms with Gasteiger partial charge in [0.1, 0.15) is 0 Å². The summed E-state index contributed by atoms with van der Waals surface area (Å²) in [5.41, 5.74) is 0.335. The van der Waals surface area contributed by atoms with Crippen LogP contribution in [0.25, 0.3) is 0 Å². The first kappa shape index (κ1) is 19.1. The maximum atomic E-state index is 12.9. The molecule has 1 aliphatic heterocycles. The van der Waals surface area contributed by atoms with Crippen LogP contribution < -0.4 is 5.32 Å². The number of rotatable bonds is 5. The lowest BCUT2D eigenvalue weighted by Crippen LogP contribution is -2.34. The fraction of sp³-hybridized carbons (Fsp3) is 0.526. The molecular weight excluding hydrogens is 352 g/mol. The number of hydrogen-bond donors (Lipinski definition) is 2. The van der Waals surface area contributed by atoms with E-state index in [-0.39, 0.29) is 29.4 Å². The number of sulfonamides is 1. The summed E-state index contributed by atoms with van der Waals surface area (Å²) >= 11 is 0. The van der Waals surface area contributed by atoms with Crippen molar-refractivity contribution < 1.29 is 18.3 Å². The van der Waals surface area contributed by atoms with E-state index in [2.05, 4.69) is 5.32 Å². The quantitative estimate of drug-likeness (QED) is 0.767. The summed E-state index contributed by atoms with van der Waals surface area (Å²) in [5.74, 6) is -0.235. The minimum absolute atomic E-state index is 0.0619. The zero-order valence-corrected chi connectivity index (χ0v) is 15.6. The van der Waals surface area contributed by atoms with Crippen LogP contribution >= 0.6 is 0 Å². The van der Waals surface area contributed by atoms with E-state index in [1.54, 1.807) is 18.2 Å². The Balaban J connectivity index is 1.73. The maximum Gasteiger partial charge on any atom is 0.251 e. The SMILES string of the molecule is O=C(N[C@@H]1C=C[C@H](CO)C1)c1cccc(S(=O)(=O)N2CCCCCC2)c1. The second-order valence-corrected chi connectivity index (χ2v) is 8.93. The number of hydrogen-bond acceptors (Lipinski definition) is 4. The first-order chi connectivity index (χ1) is 12.5. The Hall–Kier alpha value is -1.70. The van der Waals surface area contributed by atoms with Gasteiger partial charge in [-0.3, -0.25) is 4.79 Å². The number of aliphatic hydroxyl groups is 1. The molecule has 1 aliphatic carbocycles. The molecule has 6 nitrogen and oxygen atoms in total. The Bertz CT molecular complexity index is 767. The van der Waals surface area contributed by atoms with Crippen molar-refractivity contribution >= 4 is 15.9 Å². The highest BCUT2D eigenvalue weighted by Crippen LogP contribution is 2.22. The van der Waals surface area contributed by atoms with Gasteiger partial charge in [-0.15, -0.1) is 0 Å². The molecule has 0 bridgehead atoms. The van der Waals surface area contributed by atoms with Crippen LogP contribution in [0.1, 0.15) is 42.5 Å². The molecule has 1 fully saturated rings. The maximum absolute atomic E-state index is 12.9. The van der Waals surface area contributed by atoms with Crippen molar-refractivity contribution in [3.05, 3.63) is 42.0 Å². The molecule has 1 aromatic carbocycles. The first-order valence-electron chi connectivity index (χ1n) is 9.21. The molecule has 142 valence electrons. The molecule has 7 heteroatoms. The minimum atomic E-state index is -3.58. The van der Waals surface area contributed by atoms with Crippen LogP contribution in [-0.4, -0.2) is 49.5 Å². The average molecular weight is 378 g/mol. The van der Waals surface area contributed by atoms with Crippen LogP contribution in [0.5, 0.6) is 0 Å². The predicted molar refractivity (Wildman–Crippen MR) is 99.3 cm³/mol. The molecule has 1 aromatic rings. The van der Waals surface area contributed by atoms with Crippen molar-refractivity contribution in [3.63, 3.8) is 0 Å². The Morgan fingerprint density at radius 2 is 1.88 bits per heavy atom. The Kier molecular flexibility index (Phi) is 6.11. The standard InChI is InChI=1S/C19H26N2O4S/c22-14-15-8-9-17(12-15)20-19(23)16-6-5-7-18(13-16)26(24,25)21-10-3-1-2-4-11-21/h5-9,13,15,17,22H,1-4,10-12,14H2,(H,20,23)/t15-,17+/m0/s1. The van der Waals surface area contributed by atoms with E-state index in [0.29, 0.717) is 25.1 Å². The Morgan fingerprint density at radius 1 is 1.15 bits per heavy atom. The van der Waals surface area contributed by atoms with Gasteiger partial charge in [0.25, 0.3) is 5.91 Å². The molecule has 2 N–H and O–H groups in total. The molecular formula is C19H26N2O4S. The number of benzene rings is 1. The third-order valence-corrected chi connectivity index (χ3v) is 6.92. The number of nitrogens with one attached hydrogen (secondary N) is 1. The molecule has 1 heterocycles. The lowest BCUT2D eigenvalue weighted by atomic mass is 10.1. The summed E-state index contributed by atoms with van der Waals surface area (Å²) in [4.78, 5) is 12.7. The average Bonchev–Trinajstić information content (AvgIpc) is 2.91. The molecule has 3 rings (SSSR count). The van der Waals surface area contributed by atoms with E-state index in [1.165, 1.54) is 10.4 Å². The van der Waals surface area contributed by atoms with E-state index in [1.807, 2.05) is 12.2 Å². The van der Waals surface area contributed by atoms with Gasteiger partial charge in [-0.05, 0) is 37.5 Å². The summed E-state index contributed by atoms with van der Waals surface area (Å²) in [6.07, 6.45) is 8.28.